The molecule has 29 heavy (non-hydrogen) atoms. The number of nitro benzene ring substituents is 1. The van der Waals surface area contributed by atoms with Crippen LogP contribution in [0.2, 0.25) is 0 Å². The minimum atomic E-state index is -3.70. The third-order valence-corrected chi connectivity index (χ3v) is 7.20. The Kier molecular flexibility index (Phi) is 5.33. The van der Waals surface area contributed by atoms with E-state index in [0.717, 1.165) is 12.8 Å². The van der Waals surface area contributed by atoms with Crippen LogP contribution in [0.15, 0.2) is 41.6 Å². The quantitative estimate of drug-likeness (QED) is 0.530. The van der Waals surface area contributed by atoms with E-state index in [4.69, 9.17) is 0 Å². The second-order valence-electron chi connectivity index (χ2n) is 7.04. The summed E-state index contributed by atoms with van der Waals surface area (Å²) in [5, 5.41) is 11.7. The number of piperazine rings is 1. The van der Waals surface area contributed by atoms with Crippen LogP contribution in [-0.2, 0) is 10.0 Å². The van der Waals surface area contributed by atoms with Crippen molar-refractivity contribution in [1.82, 2.24) is 14.3 Å². The van der Waals surface area contributed by atoms with E-state index in [9.17, 15) is 18.5 Å². The monoisotopic (exact) mass is 418 g/mol. The molecule has 0 unspecified atom stereocenters. The van der Waals surface area contributed by atoms with E-state index in [0.29, 0.717) is 50.9 Å². The fourth-order valence-electron chi connectivity index (χ4n) is 3.76. The normalized spacial score (nSPS) is 18.2. The topological polar surface area (TPSA) is 113 Å². The average molecular weight is 418 g/mol. The fourth-order valence-corrected chi connectivity index (χ4v) is 5.29. The van der Waals surface area contributed by atoms with Gasteiger partial charge >= 0.3 is 0 Å². The highest BCUT2D eigenvalue weighted by molar-refractivity contribution is 7.89. The largest absolute Gasteiger partial charge is 0.362 e. The van der Waals surface area contributed by atoms with Gasteiger partial charge in [0, 0.05) is 57.7 Å². The van der Waals surface area contributed by atoms with Gasteiger partial charge in [0.2, 0.25) is 16.0 Å². The lowest BCUT2D eigenvalue weighted by Gasteiger charge is -2.35. The Labute approximate surface area is 169 Å². The summed E-state index contributed by atoms with van der Waals surface area (Å²) in [6, 6.07) is 5.97. The second-order valence-corrected chi connectivity index (χ2v) is 8.98. The van der Waals surface area contributed by atoms with Crippen molar-refractivity contribution < 1.29 is 13.3 Å². The summed E-state index contributed by atoms with van der Waals surface area (Å²) in [5.74, 6) is 0.633. The predicted octanol–water partition coefficient (Wildman–Crippen LogP) is 1.50. The minimum Gasteiger partial charge on any atom is -0.362 e. The molecule has 2 aliphatic rings. The smallest absolute Gasteiger partial charge is 0.293 e. The van der Waals surface area contributed by atoms with Gasteiger partial charge < -0.3 is 9.80 Å². The number of aromatic nitrogens is 2. The molecule has 0 saturated carbocycles. The van der Waals surface area contributed by atoms with Crippen LogP contribution in [0.25, 0.3) is 0 Å². The van der Waals surface area contributed by atoms with Crippen LogP contribution in [0.5, 0.6) is 0 Å². The fraction of sp³-hybridized carbons (Fsp3) is 0.444. The summed E-state index contributed by atoms with van der Waals surface area (Å²) >= 11 is 0. The lowest BCUT2D eigenvalue weighted by Crippen LogP contribution is -2.47. The van der Waals surface area contributed by atoms with Crippen molar-refractivity contribution in [3.8, 4) is 0 Å². The highest BCUT2D eigenvalue weighted by Gasteiger charge is 2.31. The van der Waals surface area contributed by atoms with Crippen molar-refractivity contribution in [2.24, 2.45) is 0 Å². The van der Waals surface area contributed by atoms with Crippen LogP contribution >= 0.6 is 0 Å². The number of nitrogens with zero attached hydrogens (tertiary/aromatic N) is 6. The molecule has 10 nitrogen and oxygen atoms in total. The van der Waals surface area contributed by atoms with Crippen LogP contribution in [0.4, 0.5) is 17.3 Å². The molecule has 0 spiro atoms. The van der Waals surface area contributed by atoms with Crippen LogP contribution < -0.4 is 9.80 Å². The molecule has 1 aromatic carbocycles. The van der Waals surface area contributed by atoms with Crippen molar-refractivity contribution >= 4 is 27.3 Å². The third-order valence-electron chi connectivity index (χ3n) is 5.30. The predicted molar refractivity (Wildman–Crippen MR) is 108 cm³/mol. The van der Waals surface area contributed by atoms with E-state index in [-0.39, 0.29) is 10.6 Å². The Hall–Kier alpha value is -2.79. The molecule has 154 valence electrons. The Morgan fingerprint density at radius 2 is 1.55 bits per heavy atom. The maximum Gasteiger partial charge on any atom is 0.293 e. The highest BCUT2D eigenvalue weighted by Crippen LogP contribution is 2.33. The minimum absolute atomic E-state index is 0.0221. The molecule has 3 heterocycles. The Morgan fingerprint density at radius 1 is 0.931 bits per heavy atom. The maximum absolute atomic E-state index is 12.8. The van der Waals surface area contributed by atoms with Gasteiger partial charge in [-0.15, -0.1) is 0 Å². The van der Waals surface area contributed by atoms with Crippen LogP contribution in [0, 0.1) is 10.1 Å². The van der Waals surface area contributed by atoms with Gasteiger partial charge in [-0.2, -0.15) is 4.31 Å². The molecule has 1 aromatic heterocycles. The van der Waals surface area contributed by atoms with Gasteiger partial charge in [0.25, 0.3) is 5.69 Å². The molecule has 2 fully saturated rings. The first-order valence-corrected chi connectivity index (χ1v) is 11.0. The number of hydrogen-bond donors (Lipinski definition) is 0. The Morgan fingerprint density at radius 3 is 2.17 bits per heavy atom. The second kappa shape index (κ2) is 7.91. The van der Waals surface area contributed by atoms with E-state index >= 15 is 0 Å². The molecule has 2 aromatic rings. The van der Waals surface area contributed by atoms with Crippen molar-refractivity contribution in [1.29, 1.82) is 0 Å². The first-order valence-electron chi connectivity index (χ1n) is 9.52. The molecular formula is C18H22N6O4S. The van der Waals surface area contributed by atoms with E-state index in [1.54, 1.807) is 24.5 Å². The highest BCUT2D eigenvalue weighted by atomic mass is 32.2. The lowest BCUT2D eigenvalue weighted by molar-refractivity contribution is -0.384. The molecule has 2 saturated heterocycles. The zero-order valence-corrected chi connectivity index (χ0v) is 16.7. The van der Waals surface area contributed by atoms with Gasteiger partial charge in [-0.05, 0) is 31.0 Å². The molecule has 4 rings (SSSR count). The zero-order valence-electron chi connectivity index (χ0n) is 15.8. The SMILES string of the molecule is O=[N+]([O-])c1cc(S(=O)(=O)N2CCCC2)ccc1N1CCN(c2ncccn2)CC1. The average Bonchev–Trinajstić information content (AvgIpc) is 3.30. The number of anilines is 2. The molecule has 0 aliphatic carbocycles. The van der Waals surface area contributed by atoms with Crippen LogP contribution in [-0.4, -0.2) is 66.9 Å². The molecule has 0 N–H and O–H groups in total. The van der Waals surface area contributed by atoms with E-state index in [1.807, 2.05) is 9.80 Å². The lowest BCUT2D eigenvalue weighted by atomic mass is 10.2. The van der Waals surface area contributed by atoms with Crippen molar-refractivity contribution in [2.75, 3.05) is 49.1 Å². The molecular weight excluding hydrogens is 396 g/mol. The first kappa shape index (κ1) is 19.5. The molecule has 2 aliphatic heterocycles. The zero-order chi connectivity index (χ0) is 20.4. The number of hydrogen-bond acceptors (Lipinski definition) is 8. The molecule has 0 bridgehead atoms. The van der Waals surface area contributed by atoms with E-state index in [1.165, 1.54) is 16.4 Å². The van der Waals surface area contributed by atoms with Crippen molar-refractivity contribution in [3.63, 3.8) is 0 Å². The summed E-state index contributed by atoms with van der Waals surface area (Å²) in [6.45, 7) is 3.27. The van der Waals surface area contributed by atoms with Crippen molar-refractivity contribution in [2.45, 2.75) is 17.7 Å². The summed E-state index contributed by atoms with van der Waals surface area (Å²) in [7, 11) is -3.70. The van der Waals surface area contributed by atoms with Crippen LogP contribution in [0.3, 0.4) is 0 Å². The third kappa shape index (κ3) is 3.87. The van der Waals surface area contributed by atoms with Crippen molar-refractivity contribution in [3.05, 3.63) is 46.8 Å². The van der Waals surface area contributed by atoms with Gasteiger partial charge in [-0.25, -0.2) is 18.4 Å². The number of benzene rings is 1. The number of rotatable bonds is 5. The standard InChI is InChI=1S/C18H22N6O4S/c25-24(26)17-14-15(29(27,28)23-8-1-2-9-23)4-5-16(17)21-10-12-22(13-11-21)18-19-6-3-7-20-18/h3-7,14H,1-2,8-13H2. The number of sulfonamides is 1. The Balaban J connectivity index is 1.56. The first-order chi connectivity index (χ1) is 14.0. The maximum atomic E-state index is 12.8. The van der Waals surface area contributed by atoms with Gasteiger partial charge in [-0.3, -0.25) is 10.1 Å². The van der Waals surface area contributed by atoms with E-state index in [2.05, 4.69) is 9.97 Å². The number of nitro groups is 1. The summed E-state index contributed by atoms with van der Waals surface area (Å²) in [6.07, 6.45) is 4.99. The molecule has 11 heteroatoms. The summed E-state index contributed by atoms with van der Waals surface area (Å²) in [4.78, 5) is 23.6. The molecule has 0 radical (unpaired) electrons. The summed E-state index contributed by atoms with van der Waals surface area (Å²) < 4.78 is 26.9. The van der Waals surface area contributed by atoms with Gasteiger partial charge in [0.05, 0.1) is 9.82 Å². The van der Waals surface area contributed by atoms with Gasteiger partial charge in [0.1, 0.15) is 5.69 Å². The molecule has 0 amide bonds. The van der Waals surface area contributed by atoms with Gasteiger partial charge in [0.15, 0.2) is 0 Å². The van der Waals surface area contributed by atoms with Crippen LogP contribution in [0.1, 0.15) is 12.8 Å². The molecule has 0 atom stereocenters. The van der Waals surface area contributed by atoms with E-state index < -0.39 is 14.9 Å². The van der Waals surface area contributed by atoms with Gasteiger partial charge in [-0.1, -0.05) is 0 Å². The Bertz CT molecular complexity index is 987. The summed E-state index contributed by atoms with van der Waals surface area (Å²) in [5.41, 5.74) is 0.249.